The zero-order valence-electron chi connectivity index (χ0n) is 12.9. The molecule has 0 spiro atoms. The molecule has 0 fully saturated rings. The standard InChI is InChI=1S/C19H21NO/c1-14-11-15(2)19(16(3)12-14)21-13-18-8-6-17(7-9-18)5-4-10-20/h6-9,11-12H,10,13,20H2,1-3H3. The lowest BCUT2D eigenvalue weighted by atomic mass is 10.1. The Kier molecular flexibility index (Phi) is 5.03. The number of hydrogen-bond acceptors (Lipinski definition) is 2. The molecule has 0 heterocycles. The van der Waals surface area contributed by atoms with Gasteiger partial charge in [0, 0.05) is 5.56 Å². The minimum atomic E-state index is 0.386. The summed E-state index contributed by atoms with van der Waals surface area (Å²) in [6.07, 6.45) is 0. The van der Waals surface area contributed by atoms with Crippen LogP contribution in [0.4, 0.5) is 0 Å². The van der Waals surface area contributed by atoms with Gasteiger partial charge >= 0.3 is 0 Å². The van der Waals surface area contributed by atoms with Crippen molar-refractivity contribution >= 4 is 0 Å². The summed E-state index contributed by atoms with van der Waals surface area (Å²) in [5, 5.41) is 0. The molecule has 2 nitrogen and oxygen atoms in total. The van der Waals surface area contributed by atoms with Gasteiger partial charge < -0.3 is 10.5 Å². The molecule has 21 heavy (non-hydrogen) atoms. The van der Waals surface area contributed by atoms with Crippen LogP contribution in [-0.4, -0.2) is 6.54 Å². The van der Waals surface area contributed by atoms with E-state index in [4.69, 9.17) is 10.5 Å². The highest BCUT2D eigenvalue weighted by Crippen LogP contribution is 2.25. The van der Waals surface area contributed by atoms with Gasteiger partial charge in [-0.1, -0.05) is 41.7 Å². The summed E-state index contributed by atoms with van der Waals surface area (Å²) in [5.41, 5.74) is 11.1. The van der Waals surface area contributed by atoms with E-state index >= 15 is 0 Å². The predicted molar refractivity (Wildman–Crippen MR) is 87.4 cm³/mol. The average Bonchev–Trinajstić information content (AvgIpc) is 2.45. The van der Waals surface area contributed by atoms with E-state index in [-0.39, 0.29) is 0 Å². The smallest absolute Gasteiger partial charge is 0.125 e. The van der Waals surface area contributed by atoms with Gasteiger partial charge in [0.15, 0.2) is 0 Å². The maximum atomic E-state index is 5.97. The fourth-order valence-electron chi connectivity index (χ4n) is 2.39. The van der Waals surface area contributed by atoms with Crippen LogP contribution in [0.1, 0.15) is 27.8 Å². The summed E-state index contributed by atoms with van der Waals surface area (Å²) in [5.74, 6) is 6.84. The molecule has 0 aliphatic rings. The van der Waals surface area contributed by atoms with Crippen LogP contribution in [0.25, 0.3) is 0 Å². The second-order valence-corrected chi connectivity index (χ2v) is 5.22. The minimum absolute atomic E-state index is 0.386. The third kappa shape index (κ3) is 4.11. The molecular formula is C19H21NO. The Morgan fingerprint density at radius 3 is 2.19 bits per heavy atom. The number of rotatable bonds is 3. The summed E-state index contributed by atoms with van der Waals surface area (Å²) < 4.78 is 5.97. The third-order valence-corrected chi connectivity index (χ3v) is 3.28. The number of nitrogens with two attached hydrogens (primary N) is 1. The molecule has 0 unspecified atom stereocenters. The summed E-state index contributed by atoms with van der Waals surface area (Å²) in [6, 6.07) is 12.4. The van der Waals surface area contributed by atoms with Crippen LogP contribution < -0.4 is 10.5 Å². The van der Waals surface area contributed by atoms with Gasteiger partial charge in [0.1, 0.15) is 12.4 Å². The Labute approximate surface area is 126 Å². The van der Waals surface area contributed by atoms with Gasteiger partial charge in [-0.25, -0.2) is 0 Å². The zero-order valence-corrected chi connectivity index (χ0v) is 12.9. The Bertz CT molecular complexity index is 652. The van der Waals surface area contributed by atoms with Gasteiger partial charge in [0.05, 0.1) is 6.54 Å². The van der Waals surface area contributed by atoms with Gasteiger partial charge in [-0.05, 0) is 49.6 Å². The second-order valence-electron chi connectivity index (χ2n) is 5.22. The molecule has 0 saturated carbocycles. The van der Waals surface area contributed by atoms with E-state index in [1.807, 2.05) is 24.3 Å². The van der Waals surface area contributed by atoms with Crippen molar-refractivity contribution in [1.82, 2.24) is 0 Å². The van der Waals surface area contributed by atoms with Crippen LogP contribution in [0.2, 0.25) is 0 Å². The lowest BCUT2D eigenvalue weighted by molar-refractivity contribution is 0.302. The summed E-state index contributed by atoms with van der Waals surface area (Å²) in [7, 11) is 0. The number of benzene rings is 2. The van der Waals surface area contributed by atoms with Crippen LogP contribution in [0, 0.1) is 32.6 Å². The number of aryl methyl sites for hydroxylation is 3. The van der Waals surface area contributed by atoms with Crippen molar-refractivity contribution in [2.75, 3.05) is 6.54 Å². The van der Waals surface area contributed by atoms with E-state index in [1.165, 1.54) is 16.7 Å². The molecule has 2 rings (SSSR count). The minimum Gasteiger partial charge on any atom is -0.488 e. The second kappa shape index (κ2) is 6.97. The molecule has 0 amide bonds. The predicted octanol–water partition coefficient (Wildman–Crippen LogP) is 3.50. The molecule has 2 N–H and O–H groups in total. The third-order valence-electron chi connectivity index (χ3n) is 3.28. The van der Waals surface area contributed by atoms with Crippen molar-refractivity contribution in [3.63, 3.8) is 0 Å². The Balaban J connectivity index is 2.07. The Morgan fingerprint density at radius 1 is 1.00 bits per heavy atom. The van der Waals surface area contributed by atoms with Gasteiger partial charge in [0.25, 0.3) is 0 Å². The van der Waals surface area contributed by atoms with E-state index in [0.717, 1.165) is 16.9 Å². The number of ether oxygens (including phenoxy) is 1. The van der Waals surface area contributed by atoms with Gasteiger partial charge in [0.2, 0.25) is 0 Å². The molecule has 0 aromatic heterocycles. The highest BCUT2D eigenvalue weighted by atomic mass is 16.5. The summed E-state index contributed by atoms with van der Waals surface area (Å²) in [4.78, 5) is 0. The van der Waals surface area contributed by atoms with Crippen molar-refractivity contribution in [2.24, 2.45) is 5.73 Å². The largest absolute Gasteiger partial charge is 0.488 e. The Hall–Kier alpha value is -2.24. The molecular weight excluding hydrogens is 258 g/mol. The molecule has 108 valence electrons. The van der Waals surface area contributed by atoms with Crippen molar-refractivity contribution in [1.29, 1.82) is 0 Å². The topological polar surface area (TPSA) is 35.2 Å². The monoisotopic (exact) mass is 279 g/mol. The highest BCUT2D eigenvalue weighted by Gasteiger charge is 2.05. The van der Waals surface area contributed by atoms with Crippen molar-refractivity contribution in [2.45, 2.75) is 27.4 Å². The van der Waals surface area contributed by atoms with Gasteiger partial charge in [-0.15, -0.1) is 0 Å². The first kappa shape index (κ1) is 15.2. The van der Waals surface area contributed by atoms with E-state index in [2.05, 4.69) is 44.7 Å². The fourth-order valence-corrected chi connectivity index (χ4v) is 2.39. The zero-order chi connectivity index (χ0) is 15.2. The Morgan fingerprint density at radius 2 is 1.62 bits per heavy atom. The van der Waals surface area contributed by atoms with E-state index < -0.39 is 0 Å². The lowest BCUT2D eigenvalue weighted by Crippen LogP contribution is -1.99. The molecule has 0 aliphatic carbocycles. The van der Waals surface area contributed by atoms with Crippen molar-refractivity contribution < 1.29 is 4.74 Å². The molecule has 2 aromatic carbocycles. The average molecular weight is 279 g/mol. The quantitative estimate of drug-likeness (QED) is 0.873. The normalized spacial score (nSPS) is 9.90. The van der Waals surface area contributed by atoms with Gasteiger partial charge in [-0.2, -0.15) is 0 Å². The first-order chi connectivity index (χ1) is 10.1. The molecule has 2 aromatic rings. The lowest BCUT2D eigenvalue weighted by Gasteiger charge is -2.13. The molecule has 0 saturated heterocycles. The van der Waals surface area contributed by atoms with Crippen molar-refractivity contribution in [3.8, 4) is 17.6 Å². The van der Waals surface area contributed by atoms with Crippen LogP contribution >= 0.6 is 0 Å². The molecule has 0 radical (unpaired) electrons. The first-order valence-electron chi connectivity index (χ1n) is 7.08. The summed E-state index contributed by atoms with van der Waals surface area (Å²) in [6.45, 7) is 7.22. The van der Waals surface area contributed by atoms with Crippen LogP contribution in [0.5, 0.6) is 5.75 Å². The summed E-state index contributed by atoms with van der Waals surface area (Å²) >= 11 is 0. The van der Waals surface area contributed by atoms with Crippen LogP contribution in [-0.2, 0) is 6.61 Å². The molecule has 2 heteroatoms. The van der Waals surface area contributed by atoms with Crippen molar-refractivity contribution in [3.05, 3.63) is 64.2 Å². The number of hydrogen-bond donors (Lipinski definition) is 1. The SMILES string of the molecule is Cc1cc(C)c(OCc2ccc(C#CCN)cc2)c(C)c1. The van der Waals surface area contributed by atoms with Crippen LogP contribution in [0.15, 0.2) is 36.4 Å². The van der Waals surface area contributed by atoms with Gasteiger partial charge in [-0.3, -0.25) is 0 Å². The highest BCUT2D eigenvalue weighted by molar-refractivity contribution is 5.43. The molecule has 0 bridgehead atoms. The first-order valence-corrected chi connectivity index (χ1v) is 7.08. The molecule has 0 atom stereocenters. The van der Waals surface area contributed by atoms with Crippen LogP contribution in [0.3, 0.4) is 0 Å². The van der Waals surface area contributed by atoms with E-state index in [0.29, 0.717) is 13.2 Å². The maximum Gasteiger partial charge on any atom is 0.125 e. The van der Waals surface area contributed by atoms with E-state index in [1.54, 1.807) is 0 Å². The van der Waals surface area contributed by atoms with E-state index in [9.17, 15) is 0 Å². The fraction of sp³-hybridized carbons (Fsp3) is 0.263. The maximum absolute atomic E-state index is 5.97. The molecule has 0 aliphatic heterocycles.